The highest BCUT2D eigenvalue weighted by Gasteiger charge is 2.31. The van der Waals surface area contributed by atoms with Crippen LogP contribution in [0.5, 0.6) is 0 Å². The van der Waals surface area contributed by atoms with Gasteiger partial charge in [0.25, 0.3) is 15.9 Å². The first-order chi connectivity index (χ1) is 12.8. The minimum atomic E-state index is -3.77. The highest BCUT2D eigenvalue weighted by atomic mass is 32.2. The zero-order valence-corrected chi connectivity index (χ0v) is 16.3. The number of anilines is 1. The zero-order valence-electron chi connectivity index (χ0n) is 15.5. The van der Waals surface area contributed by atoms with Crippen LogP contribution >= 0.6 is 0 Å². The first-order valence-electron chi connectivity index (χ1n) is 8.66. The Hall–Kier alpha value is -2.36. The van der Waals surface area contributed by atoms with Crippen molar-refractivity contribution in [1.29, 1.82) is 0 Å². The molecule has 0 spiro atoms. The molecule has 1 aliphatic heterocycles. The van der Waals surface area contributed by atoms with E-state index in [-0.39, 0.29) is 10.9 Å². The lowest BCUT2D eigenvalue weighted by Gasteiger charge is -2.34. The van der Waals surface area contributed by atoms with Crippen molar-refractivity contribution in [2.75, 3.05) is 45.2 Å². The molecule has 0 bridgehead atoms. The van der Waals surface area contributed by atoms with E-state index >= 15 is 0 Å². The normalized spacial score (nSPS) is 16.4. The lowest BCUT2D eigenvalue weighted by Crippen LogP contribution is -2.48. The molecule has 27 heavy (non-hydrogen) atoms. The molecule has 1 amide bonds. The van der Waals surface area contributed by atoms with Crippen molar-refractivity contribution >= 4 is 21.6 Å². The number of piperazine rings is 1. The Labute approximate surface area is 159 Å². The number of carbonyl (C=O) groups excluding carboxylic acids is 1. The summed E-state index contributed by atoms with van der Waals surface area (Å²) in [5, 5.41) is -0.247. The van der Waals surface area contributed by atoms with E-state index in [4.69, 9.17) is 10.2 Å². The Morgan fingerprint density at radius 1 is 1.11 bits per heavy atom. The highest BCUT2D eigenvalue weighted by Crippen LogP contribution is 2.23. The Kier molecular flexibility index (Phi) is 5.54. The van der Waals surface area contributed by atoms with E-state index in [0.29, 0.717) is 26.2 Å². The molecule has 2 N–H and O–H groups in total. The van der Waals surface area contributed by atoms with Crippen molar-refractivity contribution in [2.45, 2.75) is 11.6 Å². The molecule has 0 saturated carbocycles. The van der Waals surface area contributed by atoms with Crippen LogP contribution in [0.2, 0.25) is 0 Å². The number of nitrogens with zero attached hydrogens (tertiary/aromatic N) is 3. The molecule has 146 valence electrons. The lowest BCUT2D eigenvalue weighted by molar-refractivity contribution is 0.0968. The maximum atomic E-state index is 12.7. The summed E-state index contributed by atoms with van der Waals surface area (Å²) in [7, 11) is 0.245. The minimum Gasteiger partial charge on any atom is -0.438 e. The van der Waals surface area contributed by atoms with E-state index in [1.54, 1.807) is 0 Å². The van der Waals surface area contributed by atoms with Crippen molar-refractivity contribution in [1.82, 2.24) is 9.21 Å². The van der Waals surface area contributed by atoms with Gasteiger partial charge in [-0.25, -0.2) is 8.42 Å². The fraction of sp³-hybridized carbons (Fsp3) is 0.389. The predicted molar refractivity (Wildman–Crippen MR) is 102 cm³/mol. The number of nitrogens with two attached hydrogens (primary N) is 1. The van der Waals surface area contributed by atoms with Gasteiger partial charge in [0.15, 0.2) is 5.76 Å². The monoisotopic (exact) mass is 392 g/mol. The van der Waals surface area contributed by atoms with Crippen molar-refractivity contribution in [3.63, 3.8) is 0 Å². The van der Waals surface area contributed by atoms with Crippen LogP contribution in [0, 0.1) is 0 Å². The van der Waals surface area contributed by atoms with Gasteiger partial charge < -0.3 is 15.1 Å². The van der Waals surface area contributed by atoms with Gasteiger partial charge in [-0.15, -0.1) is 0 Å². The third-order valence-electron chi connectivity index (χ3n) is 4.62. The van der Waals surface area contributed by atoms with E-state index in [2.05, 4.69) is 21.9 Å². The van der Waals surface area contributed by atoms with E-state index in [1.807, 2.05) is 26.2 Å². The van der Waals surface area contributed by atoms with Gasteiger partial charge in [-0.1, -0.05) is 18.2 Å². The molecule has 8 nitrogen and oxygen atoms in total. The summed E-state index contributed by atoms with van der Waals surface area (Å²) in [6.45, 7) is 2.71. The van der Waals surface area contributed by atoms with Gasteiger partial charge in [0.2, 0.25) is 5.09 Å². The second-order valence-electron chi connectivity index (χ2n) is 6.69. The highest BCUT2D eigenvalue weighted by molar-refractivity contribution is 7.89. The van der Waals surface area contributed by atoms with Crippen LogP contribution in [-0.2, 0) is 16.6 Å². The summed E-state index contributed by atoms with van der Waals surface area (Å²) in [6.07, 6.45) is 0. The summed E-state index contributed by atoms with van der Waals surface area (Å²) in [5.74, 6) is -0.951. The second kappa shape index (κ2) is 7.71. The number of primary amides is 1. The van der Waals surface area contributed by atoms with Crippen LogP contribution < -0.4 is 10.6 Å². The number of hydrogen-bond donors (Lipinski definition) is 1. The van der Waals surface area contributed by atoms with Gasteiger partial charge >= 0.3 is 0 Å². The molecule has 0 radical (unpaired) electrons. The number of sulfonamides is 1. The van der Waals surface area contributed by atoms with Gasteiger partial charge in [0, 0.05) is 52.5 Å². The number of rotatable bonds is 6. The minimum absolute atomic E-state index is 0.160. The summed E-state index contributed by atoms with van der Waals surface area (Å²) in [6, 6.07) is 10.7. The molecule has 0 atom stereocenters. The summed E-state index contributed by atoms with van der Waals surface area (Å²) in [4.78, 5) is 15.4. The van der Waals surface area contributed by atoms with E-state index in [1.165, 1.54) is 22.0 Å². The number of furan rings is 1. The molecule has 1 fully saturated rings. The van der Waals surface area contributed by atoms with Crippen LogP contribution in [0.4, 0.5) is 5.69 Å². The molecule has 2 aromatic rings. The van der Waals surface area contributed by atoms with Crippen LogP contribution in [0.15, 0.2) is 45.9 Å². The van der Waals surface area contributed by atoms with Crippen LogP contribution in [0.25, 0.3) is 0 Å². The number of benzene rings is 1. The molecule has 9 heteroatoms. The smallest absolute Gasteiger partial charge is 0.284 e. The molecular weight excluding hydrogens is 368 g/mol. The first-order valence-corrected chi connectivity index (χ1v) is 10.1. The molecule has 1 aromatic carbocycles. The topological polar surface area (TPSA) is 100 Å². The maximum absolute atomic E-state index is 12.7. The molecule has 1 aliphatic rings. The van der Waals surface area contributed by atoms with Gasteiger partial charge in [0.1, 0.15) is 0 Å². The molecule has 2 heterocycles. The van der Waals surface area contributed by atoms with Crippen molar-refractivity contribution in [3.05, 3.63) is 47.7 Å². The predicted octanol–water partition coefficient (Wildman–Crippen LogP) is 0.951. The molecule has 1 saturated heterocycles. The third kappa shape index (κ3) is 4.15. The molecule has 1 aromatic heterocycles. The first kappa shape index (κ1) is 19.4. The average molecular weight is 392 g/mol. The van der Waals surface area contributed by atoms with Gasteiger partial charge in [0.05, 0.1) is 0 Å². The fourth-order valence-electron chi connectivity index (χ4n) is 3.17. The van der Waals surface area contributed by atoms with Crippen molar-refractivity contribution in [2.24, 2.45) is 5.73 Å². The number of hydrogen-bond acceptors (Lipinski definition) is 6. The maximum Gasteiger partial charge on any atom is 0.284 e. The lowest BCUT2D eigenvalue weighted by atomic mass is 10.1. The third-order valence-corrected chi connectivity index (χ3v) is 6.39. The van der Waals surface area contributed by atoms with E-state index in [0.717, 1.165) is 12.2 Å². The Balaban J connectivity index is 1.65. The number of carbonyl (C=O) groups is 1. The van der Waals surface area contributed by atoms with E-state index in [9.17, 15) is 13.2 Å². The number of amides is 1. The molecular formula is C18H24N4O4S. The van der Waals surface area contributed by atoms with Gasteiger partial charge in [-0.2, -0.15) is 4.31 Å². The van der Waals surface area contributed by atoms with Gasteiger partial charge in [-0.3, -0.25) is 9.69 Å². The molecule has 0 unspecified atom stereocenters. The van der Waals surface area contributed by atoms with Gasteiger partial charge in [-0.05, 0) is 23.8 Å². The fourth-order valence-corrected chi connectivity index (χ4v) is 4.50. The molecule has 3 rings (SSSR count). The quantitative estimate of drug-likeness (QED) is 0.786. The Bertz CT molecular complexity index is 915. The Morgan fingerprint density at radius 2 is 1.78 bits per heavy atom. The van der Waals surface area contributed by atoms with Crippen LogP contribution in [0.1, 0.15) is 16.1 Å². The SMILES string of the molecule is CN(C)c1ccccc1CN1CCN(S(=O)(=O)c2ccc(C(N)=O)o2)CC1. The van der Waals surface area contributed by atoms with Crippen LogP contribution in [-0.4, -0.2) is 63.8 Å². The largest absolute Gasteiger partial charge is 0.438 e. The summed E-state index contributed by atoms with van der Waals surface area (Å²) >= 11 is 0. The Morgan fingerprint density at radius 3 is 2.37 bits per heavy atom. The van der Waals surface area contributed by atoms with Crippen molar-refractivity contribution < 1.29 is 17.6 Å². The summed E-state index contributed by atoms with van der Waals surface area (Å²) in [5.41, 5.74) is 7.48. The molecule has 0 aliphatic carbocycles. The standard InChI is InChI=1S/C18H24N4O4S/c1-20(2)15-6-4-3-5-14(15)13-21-9-11-22(12-10-21)27(24,25)17-8-7-16(26-17)18(19)23/h3-8H,9-13H2,1-2H3,(H2,19,23). The average Bonchev–Trinajstić information content (AvgIpc) is 3.14. The second-order valence-corrected chi connectivity index (χ2v) is 8.56. The van der Waals surface area contributed by atoms with Crippen LogP contribution in [0.3, 0.4) is 0 Å². The zero-order chi connectivity index (χ0) is 19.6. The van der Waals surface area contributed by atoms with Crippen molar-refractivity contribution in [3.8, 4) is 0 Å². The number of para-hydroxylation sites is 1. The summed E-state index contributed by atoms with van der Waals surface area (Å²) < 4.78 is 31.9. The van der Waals surface area contributed by atoms with E-state index < -0.39 is 15.9 Å².